The zero-order valence-corrected chi connectivity index (χ0v) is 9.30. The molecule has 1 fully saturated rings. The Kier molecular flexibility index (Phi) is 3.19. The van der Waals surface area contributed by atoms with Gasteiger partial charge in [0.25, 0.3) is 5.82 Å². The van der Waals surface area contributed by atoms with Crippen molar-refractivity contribution in [3.05, 3.63) is 11.7 Å². The van der Waals surface area contributed by atoms with Gasteiger partial charge in [0.15, 0.2) is 0 Å². The van der Waals surface area contributed by atoms with Crippen molar-refractivity contribution in [1.82, 2.24) is 10.1 Å². The molecule has 16 heavy (non-hydrogen) atoms. The van der Waals surface area contributed by atoms with Gasteiger partial charge in [-0.1, -0.05) is 0 Å². The summed E-state index contributed by atoms with van der Waals surface area (Å²) < 4.78 is 15.2. The summed E-state index contributed by atoms with van der Waals surface area (Å²) in [5.74, 6) is -0.0288. The van der Waals surface area contributed by atoms with Gasteiger partial charge in [0.2, 0.25) is 5.89 Å². The van der Waals surface area contributed by atoms with Crippen molar-refractivity contribution < 1.29 is 18.8 Å². The monoisotopic (exact) mass is 226 g/mol. The number of nitrogens with zero attached hydrogens (tertiary/aromatic N) is 2. The van der Waals surface area contributed by atoms with Crippen LogP contribution in [0.25, 0.3) is 0 Å². The molecule has 2 rings (SSSR count). The molecule has 0 spiro atoms. The lowest BCUT2D eigenvalue weighted by atomic mass is 10.1. The third kappa shape index (κ3) is 2.21. The molecule has 0 saturated carbocycles. The van der Waals surface area contributed by atoms with E-state index in [1.807, 2.05) is 6.92 Å². The van der Waals surface area contributed by atoms with Crippen molar-refractivity contribution in [2.75, 3.05) is 13.2 Å². The Morgan fingerprint density at radius 2 is 2.44 bits per heavy atom. The second-order valence-corrected chi connectivity index (χ2v) is 3.75. The number of esters is 1. The summed E-state index contributed by atoms with van der Waals surface area (Å²) in [6.07, 6.45) is 1.03. The lowest BCUT2D eigenvalue weighted by Crippen LogP contribution is -2.07. The van der Waals surface area contributed by atoms with Crippen LogP contribution in [0.2, 0.25) is 0 Å². The van der Waals surface area contributed by atoms with Gasteiger partial charge in [-0.3, -0.25) is 0 Å². The Hall–Kier alpha value is -1.43. The Balaban J connectivity index is 2.04. The Morgan fingerprint density at radius 3 is 3.06 bits per heavy atom. The molecule has 6 heteroatoms. The fourth-order valence-electron chi connectivity index (χ4n) is 1.67. The molecule has 2 heterocycles. The summed E-state index contributed by atoms with van der Waals surface area (Å²) in [5.41, 5.74) is 0. The van der Waals surface area contributed by atoms with Crippen LogP contribution >= 0.6 is 0 Å². The van der Waals surface area contributed by atoms with Crippen LogP contribution in [0.4, 0.5) is 0 Å². The molecule has 0 aromatic carbocycles. The highest BCUT2D eigenvalue weighted by molar-refractivity contribution is 5.84. The fraction of sp³-hybridized carbons (Fsp3) is 0.700. The number of rotatable bonds is 3. The molecule has 0 N–H and O–H groups in total. The van der Waals surface area contributed by atoms with Crippen molar-refractivity contribution in [3.63, 3.8) is 0 Å². The lowest BCUT2D eigenvalue weighted by Gasteiger charge is -1.98. The predicted molar refractivity (Wildman–Crippen MR) is 53.0 cm³/mol. The van der Waals surface area contributed by atoms with Crippen molar-refractivity contribution in [2.45, 2.75) is 32.3 Å². The van der Waals surface area contributed by atoms with E-state index in [9.17, 15) is 4.79 Å². The number of hydrogen-bond acceptors (Lipinski definition) is 6. The van der Waals surface area contributed by atoms with E-state index in [4.69, 9.17) is 14.0 Å². The van der Waals surface area contributed by atoms with Gasteiger partial charge in [-0.25, -0.2) is 4.79 Å². The van der Waals surface area contributed by atoms with Gasteiger partial charge < -0.3 is 14.0 Å². The minimum atomic E-state index is -0.551. The molecular weight excluding hydrogens is 212 g/mol. The van der Waals surface area contributed by atoms with E-state index in [-0.39, 0.29) is 17.8 Å². The van der Waals surface area contributed by atoms with Crippen LogP contribution in [0.3, 0.4) is 0 Å². The summed E-state index contributed by atoms with van der Waals surface area (Å²) >= 11 is 0. The van der Waals surface area contributed by atoms with E-state index < -0.39 is 5.97 Å². The first-order chi connectivity index (χ1) is 7.70. The molecule has 1 aliphatic rings. The van der Waals surface area contributed by atoms with Gasteiger partial charge in [0.05, 0.1) is 25.2 Å². The Morgan fingerprint density at radius 1 is 1.62 bits per heavy atom. The molecule has 0 radical (unpaired) electrons. The van der Waals surface area contributed by atoms with E-state index in [0.717, 1.165) is 6.42 Å². The average Bonchev–Trinajstić information content (AvgIpc) is 2.85. The van der Waals surface area contributed by atoms with Gasteiger partial charge in [0, 0.05) is 0 Å². The van der Waals surface area contributed by atoms with E-state index in [2.05, 4.69) is 10.1 Å². The fourth-order valence-corrected chi connectivity index (χ4v) is 1.67. The molecule has 0 amide bonds. The van der Waals surface area contributed by atoms with Gasteiger partial charge in [-0.2, -0.15) is 4.98 Å². The quantitative estimate of drug-likeness (QED) is 0.719. The van der Waals surface area contributed by atoms with Crippen molar-refractivity contribution in [1.29, 1.82) is 0 Å². The van der Waals surface area contributed by atoms with Crippen LogP contribution in [-0.4, -0.2) is 35.4 Å². The summed E-state index contributed by atoms with van der Waals surface area (Å²) in [4.78, 5) is 15.3. The SMILES string of the molecule is CCOC(=O)c1noc(C2COC(C)C2)n1. The van der Waals surface area contributed by atoms with Crippen LogP contribution < -0.4 is 0 Å². The van der Waals surface area contributed by atoms with E-state index in [0.29, 0.717) is 19.1 Å². The molecule has 1 aromatic heterocycles. The minimum Gasteiger partial charge on any atom is -0.460 e. The molecule has 1 aromatic rings. The van der Waals surface area contributed by atoms with E-state index in [1.54, 1.807) is 6.92 Å². The highest BCUT2D eigenvalue weighted by atomic mass is 16.5. The maximum absolute atomic E-state index is 11.3. The zero-order chi connectivity index (χ0) is 11.5. The molecule has 88 valence electrons. The largest absolute Gasteiger partial charge is 0.460 e. The maximum atomic E-state index is 11.3. The number of aromatic nitrogens is 2. The maximum Gasteiger partial charge on any atom is 0.379 e. The van der Waals surface area contributed by atoms with Crippen LogP contribution in [0.15, 0.2) is 4.52 Å². The summed E-state index contributed by atoms with van der Waals surface area (Å²) in [7, 11) is 0. The minimum absolute atomic E-state index is 0.0172. The van der Waals surface area contributed by atoms with Gasteiger partial charge in [-0.05, 0) is 25.4 Å². The van der Waals surface area contributed by atoms with Gasteiger partial charge in [0.1, 0.15) is 0 Å². The molecule has 6 nitrogen and oxygen atoms in total. The molecular formula is C10H14N2O4. The van der Waals surface area contributed by atoms with E-state index in [1.165, 1.54) is 0 Å². The number of carbonyl (C=O) groups is 1. The third-order valence-corrected chi connectivity index (χ3v) is 2.45. The third-order valence-electron chi connectivity index (χ3n) is 2.45. The van der Waals surface area contributed by atoms with Crippen molar-refractivity contribution in [3.8, 4) is 0 Å². The smallest absolute Gasteiger partial charge is 0.379 e. The standard InChI is InChI=1S/C10H14N2O4/c1-3-14-10(13)8-11-9(16-12-8)7-4-6(2)15-5-7/h6-7H,3-5H2,1-2H3. The molecule has 2 atom stereocenters. The number of carbonyl (C=O) groups excluding carboxylic acids is 1. The highest BCUT2D eigenvalue weighted by Crippen LogP contribution is 2.27. The first kappa shape index (κ1) is 11.1. The number of ether oxygens (including phenoxy) is 2. The van der Waals surface area contributed by atoms with Crippen molar-refractivity contribution in [2.24, 2.45) is 0 Å². The Labute approximate surface area is 92.9 Å². The first-order valence-electron chi connectivity index (χ1n) is 5.33. The van der Waals surface area contributed by atoms with Crippen LogP contribution in [0.5, 0.6) is 0 Å². The molecule has 1 aliphatic heterocycles. The Bertz CT molecular complexity index is 377. The zero-order valence-electron chi connectivity index (χ0n) is 9.30. The molecule has 0 aliphatic carbocycles. The molecule has 2 unspecified atom stereocenters. The molecule has 0 bridgehead atoms. The van der Waals surface area contributed by atoms with Crippen molar-refractivity contribution >= 4 is 5.97 Å². The molecule has 1 saturated heterocycles. The second-order valence-electron chi connectivity index (χ2n) is 3.75. The summed E-state index contributed by atoms with van der Waals surface area (Å²) in [6, 6.07) is 0. The topological polar surface area (TPSA) is 74.5 Å². The number of hydrogen-bond donors (Lipinski definition) is 0. The normalized spacial score (nSPS) is 24.6. The van der Waals surface area contributed by atoms with Crippen LogP contribution in [0, 0.1) is 0 Å². The average molecular weight is 226 g/mol. The summed E-state index contributed by atoms with van der Waals surface area (Å²) in [6.45, 7) is 4.58. The van der Waals surface area contributed by atoms with E-state index >= 15 is 0 Å². The van der Waals surface area contributed by atoms with Gasteiger partial charge >= 0.3 is 5.97 Å². The second kappa shape index (κ2) is 4.61. The first-order valence-corrected chi connectivity index (χ1v) is 5.33. The highest BCUT2D eigenvalue weighted by Gasteiger charge is 2.29. The van der Waals surface area contributed by atoms with Crippen LogP contribution in [-0.2, 0) is 9.47 Å². The lowest BCUT2D eigenvalue weighted by molar-refractivity contribution is 0.0508. The summed E-state index contributed by atoms with van der Waals surface area (Å²) in [5, 5.41) is 3.59. The van der Waals surface area contributed by atoms with Crippen LogP contribution in [0.1, 0.15) is 42.7 Å². The van der Waals surface area contributed by atoms with Gasteiger partial charge in [-0.15, -0.1) is 0 Å². The predicted octanol–water partition coefficient (Wildman–Crippen LogP) is 1.14.